The highest BCUT2D eigenvalue weighted by Crippen LogP contribution is 2.35. The van der Waals surface area contributed by atoms with Gasteiger partial charge in [0, 0.05) is 81.3 Å². The zero-order valence-corrected chi connectivity index (χ0v) is 52.6. The Morgan fingerprint density at radius 1 is 0.484 bits per heavy atom. The molecule has 0 unspecified atom stereocenters. The molecule has 0 spiro atoms. The van der Waals surface area contributed by atoms with Crippen molar-refractivity contribution in [2.75, 3.05) is 32.3 Å². The zero-order valence-electron chi connectivity index (χ0n) is 48.6. The molecule has 7 N–H and O–H groups in total. The third kappa shape index (κ3) is 14.2. The quantitative estimate of drug-likeness (QED) is 0.0213. The highest BCUT2D eigenvalue weighted by Gasteiger charge is 2.23. The van der Waals surface area contributed by atoms with E-state index >= 15 is 0 Å². The van der Waals surface area contributed by atoms with Crippen LogP contribution in [0.3, 0.4) is 0 Å². The predicted octanol–water partition coefficient (Wildman–Crippen LogP) is 14.2. The molecule has 95 heavy (non-hydrogen) atoms. The van der Waals surface area contributed by atoms with E-state index in [-0.39, 0.29) is 32.3 Å². The number of nitrogen functional groups attached to an aromatic ring is 1. The monoisotopic (exact) mass is 1360 g/mol. The Morgan fingerprint density at radius 3 is 1.38 bits per heavy atom. The highest BCUT2D eigenvalue weighted by molar-refractivity contribution is 7.90. The first kappa shape index (κ1) is 63.1. The Balaban J connectivity index is 0.000000158. The van der Waals surface area contributed by atoms with E-state index in [1.807, 2.05) is 47.2 Å². The van der Waals surface area contributed by atoms with Crippen LogP contribution in [0.2, 0.25) is 0 Å². The van der Waals surface area contributed by atoms with Gasteiger partial charge in [-0.15, -0.1) is 22.7 Å². The smallest absolute Gasteiger partial charge is 0.269 e. The number of rotatable bonds is 17. The van der Waals surface area contributed by atoms with Gasteiger partial charge in [0.2, 0.25) is 11.9 Å². The van der Waals surface area contributed by atoms with Gasteiger partial charge in [-0.25, -0.2) is 44.7 Å². The number of carbonyl (C=O) groups is 2. The molecule has 0 saturated heterocycles. The van der Waals surface area contributed by atoms with Gasteiger partial charge in [-0.3, -0.25) is 29.8 Å². The molecule has 14 rings (SSSR count). The van der Waals surface area contributed by atoms with Gasteiger partial charge in [-0.1, -0.05) is 48.5 Å². The molecule has 8 heterocycles. The second-order valence-electron chi connectivity index (χ2n) is 20.2. The number of nitrogens with zero attached hydrogens (tertiary/aromatic N) is 10. The molecular weight excluding hydrogens is 1320 g/mol. The summed E-state index contributed by atoms with van der Waals surface area (Å²) in [4.78, 5) is 71.1. The number of anilines is 10. The molecule has 26 nitrogen and oxygen atoms in total. The number of aromatic nitrogens is 8. The lowest BCUT2D eigenvalue weighted by atomic mass is 10.2. The average molecular weight is 1360 g/mol. The fraction of sp³-hybridized carbons (Fsp3) is 0. The van der Waals surface area contributed by atoms with E-state index in [0.717, 1.165) is 24.6 Å². The molecule has 0 radical (unpaired) electrons. The van der Waals surface area contributed by atoms with Gasteiger partial charge < -0.3 is 32.3 Å². The molecule has 14 aromatic rings. The van der Waals surface area contributed by atoms with Crippen molar-refractivity contribution in [3.8, 4) is 0 Å². The first-order valence-corrected chi connectivity index (χ1v) is 32.9. The van der Waals surface area contributed by atoms with E-state index in [1.165, 1.54) is 99.7 Å². The first-order valence-electron chi connectivity index (χ1n) is 27.9. The molecule has 1 amide bonds. The molecule has 0 aliphatic heterocycles. The molecule has 31 heteroatoms. The van der Waals surface area contributed by atoms with Crippen LogP contribution in [0.25, 0.3) is 42.5 Å². The number of nitro groups is 2. The molecule has 6 aromatic carbocycles. The number of fused-ring (bicyclic) bond motifs is 4. The number of hydrogen-bond acceptors (Lipinski definition) is 23. The molecule has 472 valence electrons. The Hall–Kier alpha value is -12.1. The number of hydrogen-bond donors (Lipinski definition) is 6. The minimum atomic E-state index is -3.82. The van der Waals surface area contributed by atoms with Crippen molar-refractivity contribution in [3.05, 3.63) is 261 Å². The number of thiophene rings is 2. The van der Waals surface area contributed by atoms with Gasteiger partial charge in [-0.2, -0.15) is 9.97 Å². The van der Waals surface area contributed by atoms with Crippen LogP contribution in [-0.2, 0) is 20.0 Å². The number of non-ortho nitro benzene ring substituents is 2. The van der Waals surface area contributed by atoms with Crippen molar-refractivity contribution in [2.24, 2.45) is 0 Å². The largest absolute Gasteiger partial charge is 0.399 e. The van der Waals surface area contributed by atoms with Crippen molar-refractivity contribution in [3.63, 3.8) is 0 Å². The summed E-state index contributed by atoms with van der Waals surface area (Å²) in [6.07, 6.45) is 6.13. The second kappa shape index (κ2) is 27.0. The number of nitro benzene ring substituents is 2. The summed E-state index contributed by atoms with van der Waals surface area (Å²) in [7, 11) is -7.57. The summed E-state index contributed by atoms with van der Waals surface area (Å²) in [6.45, 7) is 0. The number of pyridine rings is 2. The summed E-state index contributed by atoms with van der Waals surface area (Å²) in [5.74, 6) is 1.43. The normalized spacial score (nSPS) is 11.3. The highest BCUT2D eigenvalue weighted by atomic mass is 35.5. The molecule has 0 bridgehead atoms. The number of carbonyl (C=O) groups excluding carboxylic acids is 2. The lowest BCUT2D eigenvalue weighted by Gasteiger charge is -2.12. The SMILES string of the molecule is Nc1cccc(Nc2nc(Nc3cnc4c(ccn4S(=O)(=O)c4ccccc4)c3)c3sccc3n2)c1.O=C(Cl)c1ccc([N+](=O)[O-])cc1.O=C(Nc1cccc(Nc2nc(Nc3cnc4c(ccn4S(=O)(=O)c4ccccc4)c3)c3sccc3n2)c1)c1ccc([N+](=O)[O-])cc1. The number of halogens is 1. The van der Waals surface area contributed by atoms with Gasteiger partial charge >= 0.3 is 0 Å². The van der Waals surface area contributed by atoms with Crippen LogP contribution in [0.4, 0.5) is 69.0 Å². The van der Waals surface area contributed by atoms with Gasteiger partial charge in [0.05, 0.1) is 63.8 Å². The maximum absolute atomic E-state index is 13.2. The number of nitrogens with two attached hydrogens (primary N) is 1. The van der Waals surface area contributed by atoms with Crippen molar-refractivity contribution < 1.29 is 36.3 Å². The summed E-state index contributed by atoms with van der Waals surface area (Å²) in [5.41, 5.74) is 12.2. The fourth-order valence-corrected chi connectivity index (χ4v) is 13.8. The van der Waals surface area contributed by atoms with Crippen LogP contribution in [0.5, 0.6) is 0 Å². The second-order valence-corrected chi connectivity index (χ2v) is 26.0. The van der Waals surface area contributed by atoms with E-state index in [1.54, 1.807) is 109 Å². The van der Waals surface area contributed by atoms with Crippen molar-refractivity contribution in [1.82, 2.24) is 37.8 Å². The molecule has 0 saturated carbocycles. The Bertz CT molecular complexity index is 5460. The lowest BCUT2D eigenvalue weighted by Crippen LogP contribution is -2.12. The van der Waals surface area contributed by atoms with Crippen LogP contribution in [0, 0.1) is 20.2 Å². The van der Waals surface area contributed by atoms with Gasteiger partial charge in [0.15, 0.2) is 22.9 Å². The van der Waals surface area contributed by atoms with Crippen molar-refractivity contribution in [2.45, 2.75) is 9.79 Å². The number of benzene rings is 6. The molecule has 8 aromatic heterocycles. The van der Waals surface area contributed by atoms with E-state index in [0.29, 0.717) is 79.6 Å². The number of amides is 1. The fourth-order valence-electron chi connectivity index (χ4n) is 9.42. The summed E-state index contributed by atoms with van der Waals surface area (Å²) >= 11 is 8.11. The molecule has 0 aliphatic carbocycles. The van der Waals surface area contributed by atoms with E-state index < -0.39 is 41.0 Å². The predicted molar refractivity (Wildman–Crippen MR) is 367 cm³/mol. The van der Waals surface area contributed by atoms with Crippen LogP contribution in [0.1, 0.15) is 20.7 Å². The summed E-state index contributed by atoms with van der Waals surface area (Å²) in [6, 6.07) is 52.0. The standard InChI is InChI=1S/C32H22N8O5S2.C25H19N7O2S2.C7H4ClNO3/c41-31(20-9-11-25(12-10-20)40(42)43)35-22-5-4-6-23(18-22)36-32-37-27-14-16-46-28(27)29(38-32)34-24-17-21-13-15-39(30(21)33-19-24)47(44,45)26-7-2-1-3-8-26;26-17-5-4-6-18(14-17)29-25-30-21-10-12-35-22(21)23(31-25)28-19-13-16-9-11-32(24(16)27-15-19)36(33,34)20-7-2-1-3-8-20;8-7(10)5-1-3-6(4-2-5)9(11)12/h1-19H,(H,35,41)(H2,34,36,37,38);1-15H,26H2,(H2,28,29,30,31);1-4H. The summed E-state index contributed by atoms with van der Waals surface area (Å²) < 4.78 is 56.6. The van der Waals surface area contributed by atoms with Gasteiger partial charge in [0.1, 0.15) is 0 Å². The van der Waals surface area contributed by atoms with Crippen LogP contribution in [0.15, 0.2) is 239 Å². The molecule has 0 aliphatic rings. The van der Waals surface area contributed by atoms with E-state index in [4.69, 9.17) is 22.3 Å². The van der Waals surface area contributed by atoms with Crippen LogP contribution in [-0.4, -0.2) is 75.7 Å². The topological polar surface area (TPSA) is 362 Å². The van der Waals surface area contributed by atoms with Crippen LogP contribution < -0.4 is 32.3 Å². The van der Waals surface area contributed by atoms with Crippen LogP contribution >= 0.6 is 34.3 Å². The van der Waals surface area contributed by atoms with Crippen molar-refractivity contribution in [1.29, 1.82) is 0 Å². The maximum atomic E-state index is 13.2. The first-order chi connectivity index (χ1) is 45.8. The third-order valence-electron chi connectivity index (χ3n) is 13.9. The zero-order chi connectivity index (χ0) is 66.4. The average Bonchev–Trinajstić information content (AvgIpc) is 1.68. The Labute approximate surface area is 550 Å². The third-order valence-corrected chi connectivity index (χ3v) is 19.3. The van der Waals surface area contributed by atoms with Crippen molar-refractivity contribution >= 4 is 177 Å². The van der Waals surface area contributed by atoms with Gasteiger partial charge in [0.25, 0.3) is 42.6 Å². The minimum absolute atomic E-state index is 0.0586. The number of nitrogens with one attached hydrogen (secondary N) is 5. The summed E-state index contributed by atoms with van der Waals surface area (Å²) in [5, 5.41) is 41.4. The Kier molecular flexibility index (Phi) is 17.9. The van der Waals surface area contributed by atoms with E-state index in [2.05, 4.69) is 51.5 Å². The van der Waals surface area contributed by atoms with E-state index in [9.17, 15) is 46.7 Å². The maximum Gasteiger partial charge on any atom is 0.269 e. The lowest BCUT2D eigenvalue weighted by molar-refractivity contribution is -0.385. The molecular formula is C64H45ClN16O10S4. The molecule has 0 atom stereocenters. The molecule has 0 fully saturated rings. The van der Waals surface area contributed by atoms with Gasteiger partial charge in [-0.05, 0) is 144 Å². The Morgan fingerprint density at radius 2 is 0.926 bits per heavy atom. The minimum Gasteiger partial charge on any atom is -0.399 e.